The Bertz CT molecular complexity index is 292. The average Bonchev–Trinajstić information content (AvgIpc) is 2.20. The number of unbranched alkanes of at least 4 members (excludes halogenated alkanes) is 2. The van der Waals surface area contributed by atoms with Crippen molar-refractivity contribution in [3.05, 3.63) is 11.1 Å². The molecule has 0 aliphatic rings. The molecule has 0 aromatic rings. The second kappa shape index (κ2) is 8.12. The van der Waals surface area contributed by atoms with Crippen LogP contribution in [0.25, 0.3) is 0 Å². The van der Waals surface area contributed by atoms with Crippen LogP contribution in [0.4, 0.5) is 0 Å². The second-order valence-electron chi connectivity index (χ2n) is 4.10. The van der Waals surface area contributed by atoms with Crippen LogP contribution in [0.2, 0.25) is 0 Å². The largest absolute Gasteiger partial charge is 0.549 e. The van der Waals surface area contributed by atoms with Crippen LogP contribution in [0.1, 0.15) is 39.5 Å². The summed E-state index contributed by atoms with van der Waals surface area (Å²) in [6.07, 6.45) is 2.81. The van der Waals surface area contributed by atoms with Crippen LogP contribution in [0, 0.1) is 5.92 Å². The Morgan fingerprint density at radius 3 is 1.94 bits per heavy atom. The molecule has 0 amide bonds. The molecule has 0 fully saturated rings. The fraction of sp³-hybridized carbons (Fsp3) is 0.667. The Morgan fingerprint density at radius 1 is 1.06 bits per heavy atom. The van der Waals surface area contributed by atoms with Crippen LogP contribution in [0.15, 0.2) is 11.1 Å². The van der Waals surface area contributed by atoms with E-state index < -0.39 is 17.9 Å². The lowest BCUT2D eigenvalue weighted by atomic mass is 9.90. The third-order valence-electron chi connectivity index (χ3n) is 2.54. The number of carboxylic acid groups (broad SMARTS) is 2. The summed E-state index contributed by atoms with van der Waals surface area (Å²) in [6, 6.07) is 0. The van der Waals surface area contributed by atoms with Crippen LogP contribution < -0.4 is 10.2 Å². The first-order valence-corrected chi connectivity index (χ1v) is 6.09. The number of halogens is 1. The third-order valence-corrected chi connectivity index (χ3v) is 2.81. The van der Waals surface area contributed by atoms with Crippen LogP contribution >= 0.6 is 11.6 Å². The molecule has 0 spiro atoms. The minimum atomic E-state index is -1.64. The van der Waals surface area contributed by atoms with Crippen molar-refractivity contribution in [3.63, 3.8) is 0 Å². The topological polar surface area (TPSA) is 80.3 Å². The molecular weight excluding hydrogens is 244 g/mol. The Morgan fingerprint density at radius 2 is 1.59 bits per heavy atom. The van der Waals surface area contributed by atoms with E-state index in [1.807, 2.05) is 0 Å². The van der Waals surface area contributed by atoms with E-state index in [9.17, 15) is 19.8 Å². The van der Waals surface area contributed by atoms with Gasteiger partial charge in [-0.05, 0) is 33.1 Å². The molecule has 5 heteroatoms. The lowest BCUT2D eigenvalue weighted by Gasteiger charge is -2.24. The first kappa shape index (κ1) is 16.0. The quantitative estimate of drug-likeness (QED) is 0.271. The van der Waals surface area contributed by atoms with Crippen molar-refractivity contribution < 1.29 is 19.8 Å². The minimum absolute atomic E-state index is 0.375. The lowest BCUT2D eigenvalue weighted by Crippen LogP contribution is -2.44. The van der Waals surface area contributed by atoms with E-state index in [-0.39, 0.29) is 0 Å². The molecule has 4 nitrogen and oxygen atoms in total. The van der Waals surface area contributed by atoms with Crippen LogP contribution in [0.5, 0.6) is 0 Å². The SMILES string of the molecule is CC(C)=C(CCCCCCl)C(C(=O)[O-])C(=O)[O-]. The van der Waals surface area contributed by atoms with Crippen molar-refractivity contribution in [3.8, 4) is 0 Å². The number of carbonyl (C=O) groups excluding carboxylic acids is 2. The van der Waals surface area contributed by atoms with Crippen LogP contribution in [0.3, 0.4) is 0 Å². The summed E-state index contributed by atoms with van der Waals surface area (Å²) < 4.78 is 0. The van der Waals surface area contributed by atoms with Gasteiger partial charge < -0.3 is 19.8 Å². The first-order valence-electron chi connectivity index (χ1n) is 5.55. The molecule has 0 heterocycles. The highest BCUT2D eigenvalue weighted by atomic mass is 35.5. The van der Waals surface area contributed by atoms with Gasteiger partial charge in [-0.3, -0.25) is 0 Å². The average molecular weight is 261 g/mol. The molecule has 0 bridgehead atoms. The van der Waals surface area contributed by atoms with E-state index in [0.717, 1.165) is 12.8 Å². The maximum absolute atomic E-state index is 10.8. The van der Waals surface area contributed by atoms with Crippen molar-refractivity contribution in [2.75, 3.05) is 5.88 Å². The zero-order chi connectivity index (χ0) is 13.4. The molecule has 0 aliphatic heterocycles. The highest BCUT2D eigenvalue weighted by molar-refractivity contribution is 6.17. The highest BCUT2D eigenvalue weighted by Crippen LogP contribution is 2.22. The number of carbonyl (C=O) groups is 2. The summed E-state index contributed by atoms with van der Waals surface area (Å²) in [5, 5.41) is 21.6. The molecule has 0 aliphatic carbocycles. The van der Waals surface area contributed by atoms with E-state index in [2.05, 4.69) is 0 Å². The van der Waals surface area contributed by atoms with Gasteiger partial charge in [-0.1, -0.05) is 17.6 Å². The molecule has 0 saturated heterocycles. The van der Waals surface area contributed by atoms with Gasteiger partial charge >= 0.3 is 0 Å². The van der Waals surface area contributed by atoms with Gasteiger partial charge in [-0.15, -0.1) is 11.6 Å². The number of hydrogen-bond donors (Lipinski definition) is 0. The Hall–Kier alpha value is -1.03. The highest BCUT2D eigenvalue weighted by Gasteiger charge is 2.17. The minimum Gasteiger partial charge on any atom is -0.549 e. The molecule has 0 atom stereocenters. The molecule has 98 valence electrons. The van der Waals surface area contributed by atoms with Gasteiger partial charge in [0.2, 0.25) is 0 Å². The predicted octanol–water partition coefficient (Wildman–Crippen LogP) is 0.238. The maximum atomic E-state index is 10.8. The standard InChI is InChI=1S/C12H19ClO4/c1-8(2)9(6-4-3-5-7-13)10(11(14)15)12(16)17/h10H,3-7H2,1-2H3,(H,14,15)(H,16,17)/p-2. The zero-order valence-corrected chi connectivity index (χ0v) is 10.9. The number of hydrogen-bond acceptors (Lipinski definition) is 4. The van der Waals surface area contributed by atoms with Crippen molar-refractivity contribution in [1.29, 1.82) is 0 Å². The Labute approximate surface area is 106 Å². The van der Waals surface area contributed by atoms with E-state index in [4.69, 9.17) is 11.6 Å². The van der Waals surface area contributed by atoms with Crippen molar-refractivity contribution in [1.82, 2.24) is 0 Å². The molecule has 0 aromatic carbocycles. The fourth-order valence-corrected chi connectivity index (χ4v) is 1.84. The molecule has 0 N–H and O–H groups in total. The van der Waals surface area contributed by atoms with Gasteiger partial charge in [-0.2, -0.15) is 0 Å². The molecule has 0 aromatic heterocycles. The monoisotopic (exact) mass is 260 g/mol. The van der Waals surface area contributed by atoms with E-state index in [0.29, 0.717) is 29.9 Å². The summed E-state index contributed by atoms with van der Waals surface area (Å²) in [7, 11) is 0. The molecule has 17 heavy (non-hydrogen) atoms. The predicted molar refractivity (Wildman–Crippen MR) is 61.1 cm³/mol. The zero-order valence-electron chi connectivity index (χ0n) is 10.1. The lowest BCUT2D eigenvalue weighted by molar-refractivity contribution is -0.329. The van der Waals surface area contributed by atoms with E-state index in [1.54, 1.807) is 13.8 Å². The van der Waals surface area contributed by atoms with Gasteiger partial charge in [0, 0.05) is 5.88 Å². The number of allylic oxidation sites excluding steroid dienone is 1. The smallest absolute Gasteiger partial charge is 0.0594 e. The Balaban J connectivity index is 4.68. The number of alkyl halides is 1. The van der Waals surface area contributed by atoms with Crippen LogP contribution in [-0.4, -0.2) is 17.8 Å². The van der Waals surface area contributed by atoms with Gasteiger partial charge in [-0.25, -0.2) is 0 Å². The summed E-state index contributed by atoms with van der Waals surface area (Å²) in [5.41, 5.74) is 1.06. The number of carboxylic acids is 2. The summed E-state index contributed by atoms with van der Waals surface area (Å²) in [5.74, 6) is -4.32. The third kappa shape index (κ3) is 5.73. The van der Waals surface area contributed by atoms with Gasteiger partial charge in [0.15, 0.2) is 0 Å². The molecule has 0 unspecified atom stereocenters. The number of rotatable bonds is 8. The normalized spacial score (nSPS) is 10.4. The molecular formula is C12H17ClO4-2. The van der Waals surface area contributed by atoms with Gasteiger partial charge in [0.1, 0.15) is 0 Å². The second-order valence-corrected chi connectivity index (χ2v) is 4.47. The summed E-state index contributed by atoms with van der Waals surface area (Å²) in [4.78, 5) is 21.6. The first-order chi connectivity index (χ1) is 7.91. The van der Waals surface area contributed by atoms with E-state index in [1.165, 1.54) is 0 Å². The van der Waals surface area contributed by atoms with Crippen molar-refractivity contribution in [2.24, 2.45) is 5.92 Å². The Kier molecular flexibility index (Phi) is 7.63. The summed E-state index contributed by atoms with van der Waals surface area (Å²) >= 11 is 5.52. The van der Waals surface area contributed by atoms with Gasteiger partial charge in [0.05, 0.1) is 17.9 Å². The molecule has 0 radical (unpaired) electrons. The molecule has 0 saturated carbocycles. The van der Waals surface area contributed by atoms with Gasteiger partial charge in [0.25, 0.3) is 0 Å². The fourth-order valence-electron chi connectivity index (χ4n) is 1.65. The maximum Gasteiger partial charge on any atom is 0.0594 e. The van der Waals surface area contributed by atoms with Crippen molar-refractivity contribution in [2.45, 2.75) is 39.5 Å². The number of aliphatic carboxylic acids is 2. The van der Waals surface area contributed by atoms with Crippen molar-refractivity contribution >= 4 is 23.5 Å². The van der Waals surface area contributed by atoms with Crippen LogP contribution in [-0.2, 0) is 9.59 Å². The summed E-state index contributed by atoms with van der Waals surface area (Å²) in [6.45, 7) is 3.38. The molecule has 0 rings (SSSR count). The van der Waals surface area contributed by atoms with E-state index >= 15 is 0 Å².